The van der Waals surface area contributed by atoms with Crippen molar-refractivity contribution in [3.63, 3.8) is 0 Å². The summed E-state index contributed by atoms with van der Waals surface area (Å²) >= 11 is 1.19. The van der Waals surface area contributed by atoms with Crippen LogP contribution in [-0.2, 0) is 0 Å². The Hall–Kier alpha value is -3.24. The van der Waals surface area contributed by atoms with Gasteiger partial charge in [0.25, 0.3) is 17.4 Å². The van der Waals surface area contributed by atoms with Gasteiger partial charge in [-0.3, -0.25) is 14.4 Å². The number of thiophene rings is 1. The van der Waals surface area contributed by atoms with Crippen molar-refractivity contribution in [2.45, 2.75) is 6.92 Å². The summed E-state index contributed by atoms with van der Waals surface area (Å²) in [5.41, 5.74) is 2.40. The second-order valence-corrected chi connectivity index (χ2v) is 8.73. The molecule has 10 heteroatoms. The maximum atomic E-state index is 13.0. The van der Waals surface area contributed by atoms with E-state index in [2.05, 4.69) is 27.2 Å². The van der Waals surface area contributed by atoms with Gasteiger partial charge >= 0.3 is 0 Å². The standard InChI is InChI=1S/C22H26N6O3S/c1-4-27(3)17-11-14(22(31)28-9-7-26(2)8-10-28)5-6-16(17)25-20(29)15-12-32-19-18(15)23-13-24-21(19)30/h5-6,11-13H,4,7-10H2,1-3H3,(H,25,29)(H,23,24,30). The molecule has 0 radical (unpaired) electrons. The molecule has 0 aliphatic carbocycles. The highest BCUT2D eigenvalue weighted by atomic mass is 32.1. The minimum Gasteiger partial charge on any atom is -0.373 e. The number of fused-ring (bicyclic) bond motifs is 1. The number of piperazine rings is 1. The van der Waals surface area contributed by atoms with Crippen molar-refractivity contribution in [2.75, 3.05) is 57.0 Å². The van der Waals surface area contributed by atoms with Crippen molar-refractivity contribution in [3.05, 3.63) is 51.4 Å². The molecule has 0 atom stereocenters. The molecule has 9 nitrogen and oxygen atoms in total. The second-order valence-electron chi connectivity index (χ2n) is 7.85. The van der Waals surface area contributed by atoms with E-state index >= 15 is 0 Å². The predicted octanol–water partition coefficient (Wildman–Crippen LogP) is 2.08. The third-order valence-electron chi connectivity index (χ3n) is 5.77. The summed E-state index contributed by atoms with van der Waals surface area (Å²) < 4.78 is 0.414. The van der Waals surface area contributed by atoms with Crippen molar-refractivity contribution in [2.24, 2.45) is 0 Å². The van der Waals surface area contributed by atoms with Gasteiger partial charge in [0.2, 0.25) is 0 Å². The number of aromatic nitrogens is 2. The minimum atomic E-state index is -0.349. The molecule has 3 aromatic rings. The van der Waals surface area contributed by atoms with Crippen LogP contribution >= 0.6 is 11.3 Å². The van der Waals surface area contributed by atoms with E-state index < -0.39 is 0 Å². The van der Waals surface area contributed by atoms with E-state index in [-0.39, 0.29) is 17.4 Å². The van der Waals surface area contributed by atoms with Gasteiger partial charge in [-0.1, -0.05) is 0 Å². The first-order valence-corrected chi connectivity index (χ1v) is 11.4. The van der Waals surface area contributed by atoms with Crippen molar-refractivity contribution < 1.29 is 9.59 Å². The lowest BCUT2D eigenvalue weighted by molar-refractivity contribution is 0.0664. The number of carbonyl (C=O) groups is 2. The van der Waals surface area contributed by atoms with Crippen molar-refractivity contribution in [1.82, 2.24) is 19.8 Å². The van der Waals surface area contributed by atoms with Crippen LogP contribution in [0, 0.1) is 0 Å². The van der Waals surface area contributed by atoms with E-state index in [9.17, 15) is 14.4 Å². The smallest absolute Gasteiger partial charge is 0.268 e. The van der Waals surface area contributed by atoms with Gasteiger partial charge in [0.05, 0.1) is 23.3 Å². The Balaban J connectivity index is 1.62. The molecule has 0 unspecified atom stereocenters. The predicted molar refractivity (Wildman–Crippen MR) is 127 cm³/mol. The number of amides is 2. The van der Waals surface area contributed by atoms with Crippen molar-refractivity contribution >= 4 is 44.7 Å². The number of benzene rings is 1. The number of carbonyl (C=O) groups excluding carboxylic acids is 2. The Morgan fingerprint density at radius 3 is 2.72 bits per heavy atom. The summed E-state index contributed by atoms with van der Waals surface area (Å²) in [5.74, 6) is -0.354. The Morgan fingerprint density at radius 1 is 1.25 bits per heavy atom. The van der Waals surface area contributed by atoms with Crippen LogP contribution in [0.4, 0.5) is 11.4 Å². The molecule has 0 saturated carbocycles. The highest BCUT2D eigenvalue weighted by molar-refractivity contribution is 7.17. The van der Waals surface area contributed by atoms with Crippen LogP contribution in [0.2, 0.25) is 0 Å². The summed E-state index contributed by atoms with van der Waals surface area (Å²) in [6, 6.07) is 5.34. The largest absolute Gasteiger partial charge is 0.373 e. The fourth-order valence-corrected chi connectivity index (χ4v) is 4.56. The molecule has 1 aliphatic heterocycles. The molecule has 2 amide bonds. The Kier molecular flexibility index (Phi) is 6.24. The number of aromatic amines is 1. The summed E-state index contributed by atoms with van der Waals surface area (Å²) in [6.45, 7) is 5.81. The van der Waals surface area contributed by atoms with Gasteiger partial charge in [-0.15, -0.1) is 11.3 Å². The molecule has 32 heavy (non-hydrogen) atoms. The van der Waals surface area contributed by atoms with Crippen LogP contribution in [0.1, 0.15) is 27.6 Å². The van der Waals surface area contributed by atoms with E-state index in [0.717, 1.165) is 18.8 Å². The second kappa shape index (κ2) is 9.09. The summed E-state index contributed by atoms with van der Waals surface area (Å²) in [6.07, 6.45) is 1.29. The highest BCUT2D eigenvalue weighted by Crippen LogP contribution is 2.29. The fourth-order valence-electron chi connectivity index (χ4n) is 3.66. The Morgan fingerprint density at radius 2 is 2.00 bits per heavy atom. The zero-order chi connectivity index (χ0) is 22.8. The van der Waals surface area contributed by atoms with Gasteiger partial charge in [-0.05, 0) is 32.2 Å². The van der Waals surface area contributed by atoms with Crippen LogP contribution in [0.15, 0.2) is 34.7 Å². The van der Waals surface area contributed by atoms with Crippen LogP contribution in [0.3, 0.4) is 0 Å². The van der Waals surface area contributed by atoms with Crippen LogP contribution in [0.5, 0.6) is 0 Å². The molecule has 168 valence electrons. The minimum absolute atomic E-state index is 0.00557. The highest BCUT2D eigenvalue weighted by Gasteiger charge is 2.23. The van der Waals surface area contributed by atoms with Crippen LogP contribution < -0.4 is 15.8 Å². The third-order valence-corrected chi connectivity index (χ3v) is 6.74. The van der Waals surface area contributed by atoms with Gasteiger partial charge in [0, 0.05) is 50.7 Å². The number of nitrogens with one attached hydrogen (secondary N) is 2. The quantitative estimate of drug-likeness (QED) is 0.612. The number of nitrogens with zero attached hydrogens (tertiary/aromatic N) is 4. The van der Waals surface area contributed by atoms with E-state index in [1.165, 1.54) is 17.7 Å². The third kappa shape index (κ3) is 4.23. The molecule has 1 aromatic carbocycles. The fraction of sp³-hybridized carbons (Fsp3) is 0.364. The number of rotatable bonds is 5. The average molecular weight is 455 g/mol. The summed E-state index contributed by atoms with van der Waals surface area (Å²) in [7, 11) is 3.96. The lowest BCUT2D eigenvalue weighted by Crippen LogP contribution is -2.47. The van der Waals surface area contributed by atoms with Crippen molar-refractivity contribution in [1.29, 1.82) is 0 Å². The molecule has 2 N–H and O–H groups in total. The van der Waals surface area contributed by atoms with Gasteiger partial charge in [0.1, 0.15) is 10.2 Å². The molecule has 3 heterocycles. The van der Waals surface area contributed by atoms with E-state index in [1.54, 1.807) is 17.5 Å². The van der Waals surface area contributed by atoms with Crippen LogP contribution in [-0.4, -0.2) is 78.4 Å². The van der Waals surface area contributed by atoms with Gasteiger partial charge in [0.15, 0.2) is 0 Å². The Labute approximate surface area is 189 Å². The van der Waals surface area contributed by atoms with E-state index in [0.29, 0.717) is 46.7 Å². The Bertz CT molecular complexity index is 1210. The number of likely N-dealkylation sites (N-methyl/N-ethyl adjacent to an activating group) is 1. The van der Waals surface area contributed by atoms with Crippen LogP contribution in [0.25, 0.3) is 10.2 Å². The summed E-state index contributed by atoms with van der Waals surface area (Å²) in [5, 5.41) is 4.57. The van der Waals surface area contributed by atoms with E-state index in [4.69, 9.17) is 0 Å². The maximum absolute atomic E-state index is 13.0. The number of H-pyrrole nitrogens is 1. The zero-order valence-corrected chi connectivity index (χ0v) is 19.2. The first-order valence-electron chi connectivity index (χ1n) is 10.5. The maximum Gasteiger partial charge on any atom is 0.268 e. The lowest BCUT2D eigenvalue weighted by atomic mass is 10.1. The normalized spacial score (nSPS) is 14.5. The topological polar surface area (TPSA) is 102 Å². The molecule has 0 spiro atoms. The number of hydrogen-bond donors (Lipinski definition) is 2. The molecule has 1 aliphatic rings. The number of hydrogen-bond acceptors (Lipinski definition) is 7. The lowest BCUT2D eigenvalue weighted by Gasteiger charge is -2.32. The molecule has 0 bridgehead atoms. The molecule has 4 rings (SSSR count). The SMILES string of the molecule is CCN(C)c1cc(C(=O)N2CCN(C)CC2)ccc1NC(=O)c1csc2c(=O)[nH]cnc12. The van der Waals surface area contributed by atoms with Crippen molar-refractivity contribution in [3.8, 4) is 0 Å². The molecule has 1 saturated heterocycles. The van der Waals surface area contributed by atoms with Gasteiger partial charge in [-0.25, -0.2) is 4.98 Å². The molecular formula is C22H26N6O3S. The zero-order valence-electron chi connectivity index (χ0n) is 18.3. The molecule has 1 fully saturated rings. The van der Waals surface area contributed by atoms with Gasteiger partial charge < -0.3 is 25.0 Å². The van der Waals surface area contributed by atoms with Gasteiger partial charge in [-0.2, -0.15) is 0 Å². The number of anilines is 2. The average Bonchev–Trinajstić information content (AvgIpc) is 3.24. The summed E-state index contributed by atoms with van der Waals surface area (Å²) in [4.78, 5) is 50.7. The first-order chi connectivity index (χ1) is 15.4. The van der Waals surface area contributed by atoms with E-state index in [1.807, 2.05) is 29.8 Å². The molecule has 2 aromatic heterocycles. The molecular weight excluding hydrogens is 428 g/mol. The monoisotopic (exact) mass is 454 g/mol. The first kappa shape index (κ1) is 22.0.